The molecule has 1 aromatic heterocycles. The summed E-state index contributed by atoms with van der Waals surface area (Å²) >= 11 is 0. The number of amides is 1. The van der Waals surface area contributed by atoms with Crippen LogP contribution >= 0.6 is 0 Å². The Morgan fingerprint density at radius 2 is 1.90 bits per heavy atom. The highest BCUT2D eigenvalue weighted by molar-refractivity contribution is 6.03. The summed E-state index contributed by atoms with van der Waals surface area (Å²) < 4.78 is 58.9. The molecule has 4 rings (SSSR count). The Bertz CT molecular complexity index is 1040. The quantitative estimate of drug-likeness (QED) is 0.650. The molecule has 1 amide bonds. The van der Waals surface area contributed by atoms with E-state index in [2.05, 4.69) is 10.4 Å². The van der Waals surface area contributed by atoms with Gasteiger partial charge in [0.05, 0.1) is 24.4 Å². The van der Waals surface area contributed by atoms with Crippen molar-refractivity contribution >= 4 is 11.6 Å². The van der Waals surface area contributed by atoms with Gasteiger partial charge in [0.25, 0.3) is 5.91 Å². The van der Waals surface area contributed by atoms with Crippen molar-refractivity contribution in [2.45, 2.75) is 25.4 Å². The van der Waals surface area contributed by atoms with E-state index in [1.54, 1.807) is 16.8 Å². The van der Waals surface area contributed by atoms with Gasteiger partial charge in [0.1, 0.15) is 11.9 Å². The fraction of sp³-hybridized carbons (Fsp3) is 0.200. The van der Waals surface area contributed by atoms with E-state index >= 15 is 0 Å². The van der Waals surface area contributed by atoms with Crippen LogP contribution in [0.5, 0.6) is 0 Å². The number of ether oxygens (including phenoxy) is 1. The van der Waals surface area contributed by atoms with Crippen molar-refractivity contribution in [3.8, 4) is 0 Å². The molecule has 1 aliphatic rings. The topological polar surface area (TPSA) is 56.2 Å². The average Bonchev–Trinajstić information content (AvgIpc) is 3.12. The molecule has 1 N–H and O–H groups in total. The van der Waals surface area contributed by atoms with E-state index in [0.717, 1.165) is 17.7 Å². The predicted molar refractivity (Wildman–Crippen MR) is 95.6 cm³/mol. The van der Waals surface area contributed by atoms with Gasteiger partial charge >= 0.3 is 6.18 Å². The standard InChI is InChI=1S/C20H15F4N3O2/c21-14-6-4-12(5-7-14)18-10-27-16(11-29-18)9-17(26-27)19(28)25-15-3-1-2-13(8-15)20(22,23)24/h1-9,18H,10-11H2,(H,25,28)/t18-/m1/s1. The number of benzene rings is 2. The van der Waals surface area contributed by atoms with Gasteiger partial charge in [0, 0.05) is 5.69 Å². The second kappa shape index (κ2) is 7.32. The predicted octanol–water partition coefficient (Wildman–Crippen LogP) is 4.56. The van der Waals surface area contributed by atoms with Crippen LogP contribution in [0.25, 0.3) is 0 Å². The summed E-state index contributed by atoms with van der Waals surface area (Å²) in [7, 11) is 0. The van der Waals surface area contributed by atoms with E-state index in [0.29, 0.717) is 12.2 Å². The molecule has 1 atom stereocenters. The SMILES string of the molecule is O=C(Nc1cccc(C(F)(F)F)c1)c1cc2n(n1)C[C@H](c1ccc(F)cc1)OC2. The van der Waals surface area contributed by atoms with Crippen LogP contribution in [0.1, 0.15) is 33.4 Å². The molecule has 0 spiro atoms. The van der Waals surface area contributed by atoms with Gasteiger partial charge in [-0.1, -0.05) is 18.2 Å². The highest BCUT2D eigenvalue weighted by Gasteiger charge is 2.30. The van der Waals surface area contributed by atoms with Crippen LogP contribution in [0, 0.1) is 5.82 Å². The van der Waals surface area contributed by atoms with E-state index in [9.17, 15) is 22.4 Å². The Morgan fingerprint density at radius 1 is 1.14 bits per heavy atom. The largest absolute Gasteiger partial charge is 0.416 e. The number of anilines is 1. The summed E-state index contributed by atoms with van der Waals surface area (Å²) in [5.41, 5.74) is 0.687. The lowest BCUT2D eigenvalue weighted by Gasteiger charge is -2.24. The number of hydrogen-bond donors (Lipinski definition) is 1. The Morgan fingerprint density at radius 3 is 2.62 bits per heavy atom. The zero-order valence-electron chi connectivity index (χ0n) is 14.9. The lowest BCUT2D eigenvalue weighted by Crippen LogP contribution is -2.22. The first-order valence-corrected chi connectivity index (χ1v) is 8.72. The van der Waals surface area contributed by atoms with Crippen LogP contribution in [0.4, 0.5) is 23.2 Å². The first-order chi connectivity index (χ1) is 13.8. The number of hydrogen-bond acceptors (Lipinski definition) is 3. The molecule has 2 heterocycles. The molecular formula is C20H15F4N3O2. The van der Waals surface area contributed by atoms with E-state index in [1.165, 1.54) is 30.3 Å². The number of halogens is 4. The van der Waals surface area contributed by atoms with Gasteiger partial charge in [-0.15, -0.1) is 0 Å². The molecule has 5 nitrogen and oxygen atoms in total. The fourth-order valence-corrected chi connectivity index (χ4v) is 3.08. The molecule has 2 aromatic carbocycles. The maximum absolute atomic E-state index is 13.1. The van der Waals surface area contributed by atoms with Crippen molar-refractivity contribution < 1.29 is 27.1 Å². The van der Waals surface area contributed by atoms with Crippen molar-refractivity contribution in [3.05, 3.63) is 82.9 Å². The van der Waals surface area contributed by atoms with E-state index in [4.69, 9.17) is 4.74 Å². The van der Waals surface area contributed by atoms with E-state index in [1.807, 2.05) is 0 Å². The molecule has 150 valence electrons. The van der Waals surface area contributed by atoms with Gasteiger partial charge in [-0.25, -0.2) is 4.39 Å². The number of nitrogens with one attached hydrogen (secondary N) is 1. The number of nitrogens with zero attached hydrogens (tertiary/aromatic N) is 2. The van der Waals surface area contributed by atoms with Crippen LogP contribution in [-0.2, 0) is 24.1 Å². The van der Waals surface area contributed by atoms with Gasteiger partial charge in [0.2, 0.25) is 0 Å². The zero-order valence-corrected chi connectivity index (χ0v) is 14.9. The summed E-state index contributed by atoms with van der Waals surface area (Å²) in [4.78, 5) is 12.4. The maximum atomic E-state index is 13.1. The van der Waals surface area contributed by atoms with Crippen molar-refractivity contribution in [1.29, 1.82) is 0 Å². The monoisotopic (exact) mass is 405 g/mol. The Kier molecular flexibility index (Phi) is 4.83. The van der Waals surface area contributed by atoms with Crippen LogP contribution in [-0.4, -0.2) is 15.7 Å². The molecule has 0 bridgehead atoms. The Labute approximate surface area is 162 Å². The van der Waals surface area contributed by atoms with Crippen molar-refractivity contribution in [2.24, 2.45) is 0 Å². The minimum Gasteiger partial charge on any atom is -0.365 e. The minimum absolute atomic E-state index is 0.0243. The van der Waals surface area contributed by atoms with Crippen molar-refractivity contribution in [1.82, 2.24) is 9.78 Å². The first kappa shape index (κ1) is 19.1. The van der Waals surface area contributed by atoms with Gasteiger partial charge in [-0.2, -0.15) is 18.3 Å². The van der Waals surface area contributed by atoms with Crippen LogP contribution in [0.3, 0.4) is 0 Å². The summed E-state index contributed by atoms with van der Waals surface area (Å²) in [6, 6.07) is 11.8. The summed E-state index contributed by atoms with van der Waals surface area (Å²) in [5, 5.41) is 6.67. The second-order valence-corrected chi connectivity index (χ2v) is 6.59. The first-order valence-electron chi connectivity index (χ1n) is 8.72. The number of alkyl halides is 3. The normalized spacial score (nSPS) is 16.3. The average molecular weight is 405 g/mol. The zero-order chi connectivity index (χ0) is 20.6. The van der Waals surface area contributed by atoms with Crippen molar-refractivity contribution in [2.75, 3.05) is 5.32 Å². The van der Waals surface area contributed by atoms with E-state index in [-0.39, 0.29) is 29.9 Å². The number of rotatable bonds is 3. The third-order valence-corrected chi connectivity index (χ3v) is 4.56. The third-order valence-electron chi connectivity index (χ3n) is 4.56. The van der Waals surface area contributed by atoms with E-state index < -0.39 is 17.6 Å². The molecule has 29 heavy (non-hydrogen) atoms. The number of aromatic nitrogens is 2. The third kappa shape index (κ3) is 4.14. The molecule has 0 saturated carbocycles. The lowest BCUT2D eigenvalue weighted by atomic mass is 10.1. The molecular weight excluding hydrogens is 390 g/mol. The Balaban J connectivity index is 1.49. The van der Waals surface area contributed by atoms with Crippen LogP contribution < -0.4 is 5.32 Å². The van der Waals surface area contributed by atoms with Gasteiger partial charge in [0.15, 0.2) is 5.69 Å². The van der Waals surface area contributed by atoms with Crippen LogP contribution in [0.15, 0.2) is 54.6 Å². The Hall–Kier alpha value is -3.20. The minimum atomic E-state index is -4.50. The molecule has 0 saturated heterocycles. The van der Waals surface area contributed by atoms with Gasteiger partial charge in [-0.05, 0) is 42.0 Å². The molecule has 9 heteroatoms. The fourth-order valence-electron chi connectivity index (χ4n) is 3.08. The smallest absolute Gasteiger partial charge is 0.365 e. The highest BCUT2D eigenvalue weighted by Crippen LogP contribution is 2.31. The summed E-state index contributed by atoms with van der Waals surface area (Å²) in [6.45, 7) is 0.531. The second-order valence-electron chi connectivity index (χ2n) is 6.59. The number of fused-ring (bicyclic) bond motifs is 1. The number of carbonyl (C=O) groups is 1. The molecule has 3 aromatic rings. The highest BCUT2D eigenvalue weighted by atomic mass is 19.4. The van der Waals surface area contributed by atoms with Crippen LogP contribution in [0.2, 0.25) is 0 Å². The lowest BCUT2D eigenvalue weighted by molar-refractivity contribution is -0.137. The van der Waals surface area contributed by atoms with Crippen molar-refractivity contribution in [3.63, 3.8) is 0 Å². The molecule has 0 unspecified atom stereocenters. The summed E-state index contributed by atoms with van der Waals surface area (Å²) in [5.74, 6) is -0.970. The van der Waals surface area contributed by atoms with Gasteiger partial charge < -0.3 is 10.1 Å². The molecule has 0 fully saturated rings. The molecule has 0 radical (unpaired) electrons. The maximum Gasteiger partial charge on any atom is 0.416 e. The number of carbonyl (C=O) groups excluding carboxylic acids is 1. The van der Waals surface area contributed by atoms with Gasteiger partial charge in [-0.3, -0.25) is 9.48 Å². The molecule has 0 aliphatic carbocycles. The summed E-state index contributed by atoms with van der Waals surface area (Å²) in [6.07, 6.45) is -4.84. The molecule has 1 aliphatic heterocycles.